The van der Waals surface area contributed by atoms with Crippen molar-refractivity contribution in [1.29, 1.82) is 0 Å². The molecule has 0 aliphatic carbocycles. The van der Waals surface area contributed by atoms with Gasteiger partial charge in [-0.3, -0.25) is 0 Å². The maximum absolute atomic E-state index is 4.69. The average Bonchev–Trinajstić information content (AvgIpc) is 2.77. The molecule has 20 heavy (non-hydrogen) atoms. The van der Waals surface area contributed by atoms with Crippen LogP contribution >= 0.6 is 11.3 Å². The third kappa shape index (κ3) is 3.47. The Balaban J connectivity index is 2.26. The Labute approximate surface area is 126 Å². The second-order valence-electron chi connectivity index (χ2n) is 5.12. The first-order valence-corrected chi connectivity index (χ1v) is 8.21. The average molecular weight is 288 g/mol. The Kier molecular flexibility index (Phi) is 5.32. The van der Waals surface area contributed by atoms with E-state index in [4.69, 9.17) is 4.98 Å². The maximum Gasteiger partial charge on any atom is 0.0949 e. The van der Waals surface area contributed by atoms with Crippen LogP contribution in [0.15, 0.2) is 24.3 Å². The monoisotopic (exact) mass is 288 g/mol. The van der Waals surface area contributed by atoms with Gasteiger partial charge in [0, 0.05) is 17.3 Å². The van der Waals surface area contributed by atoms with E-state index >= 15 is 0 Å². The molecule has 0 spiro atoms. The molecule has 1 unspecified atom stereocenters. The van der Waals surface area contributed by atoms with Crippen LogP contribution in [0.2, 0.25) is 0 Å². The van der Waals surface area contributed by atoms with Crippen LogP contribution in [0.1, 0.15) is 46.6 Å². The molecule has 2 rings (SSSR count). The quantitative estimate of drug-likeness (QED) is 0.861. The number of hydrogen-bond acceptors (Lipinski definition) is 3. The van der Waals surface area contributed by atoms with Crippen molar-refractivity contribution in [2.24, 2.45) is 0 Å². The van der Waals surface area contributed by atoms with Crippen molar-refractivity contribution in [2.45, 2.75) is 46.6 Å². The minimum absolute atomic E-state index is 0.362. The van der Waals surface area contributed by atoms with Crippen molar-refractivity contribution in [3.63, 3.8) is 0 Å². The molecule has 1 aromatic heterocycles. The van der Waals surface area contributed by atoms with Gasteiger partial charge in [-0.1, -0.05) is 38.1 Å². The third-order valence-electron chi connectivity index (χ3n) is 3.71. The number of rotatable bonds is 6. The highest BCUT2D eigenvalue weighted by Crippen LogP contribution is 2.26. The molecule has 1 N–H and O–H groups in total. The van der Waals surface area contributed by atoms with E-state index in [2.05, 4.69) is 57.3 Å². The van der Waals surface area contributed by atoms with E-state index in [9.17, 15) is 0 Å². The molecule has 0 fully saturated rings. The summed E-state index contributed by atoms with van der Waals surface area (Å²) >= 11 is 1.83. The van der Waals surface area contributed by atoms with Crippen LogP contribution in [0, 0.1) is 13.8 Å². The van der Waals surface area contributed by atoms with Gasteiger partial charge in [-0.15, -0.1) is 11.3 Å². The Morgan fingerprint density at radius 3 is 2.55 bits per heavy atom. The van der Waals surface area contributed by atoms with Crippen LogP contribution in [0.3, 0.4) is 0 Å². The maximum atomic E-state index is 4.69. The van der Waals surface area contributed by atoms with Gasteiger partial charge in [-0.05, 0) is 37.9 Å². The summed E-state index contributed by atoms with van der Waals surface area (Å²) in [4.78, 5) is 6.02. The molecular weight excluding hydrogens is 264 g/mol. The molecule has 108 valence electrons. The predicted molar refractivity (Wildman–Crippen MR) is 87.5 cm³/mol. The summed E-state index contributed by atoms with van der Waals surface area (Å²) in [6.45, 7) is 9.61. The van der Waals surface area contributed by atoms with Gasteiger partial charge < -0.3 is 5.32 Å². The molecule has 0 aliphatic rings. The van der Waals surface area contributed by atoms with Gasteiger partial charge >= 0.3 is 0 Å². The largest absolute Gasteiger partial charge is 0.310 e. The lowest BCUT2D eigenvalue weighted by molar-refractivity contribution is 0.544. The van der Waals surface area contributed by atoms with Gasteiger partial charge in [-0.25, -0.2) is 4.98 Å². The van der Waals surface area contributed by atoms with Crippen LogP contribution in [-0.4, -0.2) is 11.5 Å². The number of aryl methyl sites for hydroxylation is 3. The fourth-order valence-corrected chi connectivity index (χ4v) is 3.52. The summed E-state index contributed by atoms with van der Waals surface area (Å²) in [5.41, 5.74) is 4.02. The van der Waals surface area contributed by atoms with Crippen LogP contribution in [-0.2, 0) is 12.8 Å². The molecule has 0 bridgehead atoms. The Morgan fingerprint density at radius 1 is 1.20 bits per heavy atom. The summed E-state index contributed by atoms with van der Waals surface area (Å²) < 4.78 is 0. The number of benzene rings is 1. The van der Waals surface area contributed by atoms with Gasteiger partial charge in [0.1, 0.15) is 0 Å². The Morgan fingerprint density at radius 2 is 1.95 bits per heavy atom. The SMILES string of the molecule is CCNC(Cc1nc(C)c(C)s1)c1ccccc1CC. The van der Waals surface area contributed by atoms with Crippen molar-refractivity contribution in [1.82, 2.24) is 10.3 Å². The molecule has 2 aromatic rings. The number of nitrogens with zero attached hydrogens (tertiary/aromatic N) is 1. The van der Waals surface area contributed by atoms with Crippen LogP contribution in [0.4, 0.5) is 0 Å². The first-order valence-electron chi connectivity index (χ1n) is 7.39. The van der Waals surface area contributed by atoms with E-state index in [1.165, 1.54) is 26.7 Å². The highest BCUT2D eigenvalue weighted by molar-refractivity contribution is 7.11. The van der Waals surface area contributed by atoms with Crippen molar-refractivity contribution in [2.75, 3.05) is 6.54 Å². The molecule has 1 aromatic carbocycles. The van der Waals surface area contributed by atoms with E-state index in [0.717, 1.165) is 19.4 Å². The van der Waals surface area contributed by atoms with Crippen LogP contribution in [0.5, 0.6) is 0 Å². The molecule has 1 heterocycles. The third-order valence-corrected chi connectivity index (χ3v) is 4.81. The van der Waals surface area contributed by atoms with Gasteiger partial charge in [-0.2, -0.15) is 0 Å². The van der Waals surface area contributed by atoms with Crippen LogP contribution in [0.25, 0.3) is 0 Å². The lowest BCUT2D eigenvalue weighted by atomic mass is 9.96. The van der Waals surface area contributed by atoms with Gasteiger partial charge in [0.2, 0.25) is 0 Å². The van der Waals surface area contributed by atoms with Gasteiger partial charge in [0.25, 0.3) is 0 Å². The molecule has 3 heteroatoms. The second-order valence-corrected chi connectivity index (χ2v) is 6.40. The molecule has 0 saturated heterocycles. The smallest absolute Gasteiger partial charge is 0.0949 e. The number of thiazole rings is 1. The van der Waals surface area contributed by atoms with E-state index in [1.54, 1.807) is 0 Å². The summed E-state index contributed by atoms with van der Waals surface area (Å²) in [5, 5.41) is 4.85. The van der Waals surface area contributed by atoms with Crippen LogP contribution < -0.4 is 5.32 Å². The van der Waals surface area contributed by atoms with Crippen molar-refractivity contribution < 1.29 is 0 Å². The summed E-state index contributed by atoms with van der Waals surface area (Å²) in [6.07, 6.45) is 2.05. The van der Waals surface area contributed by atoms with E-state index < -0.39 is 0 Å². The highest BCUT2D eigenvalue weighted by Gasteiger charge is 2.16. The highest BCUT2D eigenvalue weighted by atomic mass is 32.1. The molecule has 0 saturated carbocycles. The van der Waals surface area contributed by atoms with Crippen molar-refractivity contribution in [3.05, 3.63) is 51.0 Å². The first kappa shape index (κ1) is 15.2. The minimum atomic E-state index is 0.362. The Bertz CT molecular complexity index is 540. The zero-order valence-corrected chi connectivity index (χ0v) is 13.7. The lowest BCUT2D eigenvalue weighted by Crippen LogP contribution is -2.24. The number of nitrogens with one attached hydrogen (secondary N) is 1. The fraction of sp³-hybridized carbons (Fsp3) is 0.471. The van der Waals surface area contributed by atoms with E-state index in [0.29, 0.717) is 6.04 Å². The molecule has 2 nitrogen and oxygen atoms in total. The number of aromatic nitrogens is 1. The van der Waals surface area contributed by atoms with Crippen molar-refractivity contribution in [3.8, 4) is 0 Å². The molecule has 1 atom stereocenters. The lowest BCUT2D eigenvalue weighted by Gasteiger charge is -2.20. The summed E-state index contributed by atoms with van der Waals surface area (Å²) in [7, 11) is 0. The van der Waals surface area contributed by atoms with Gasteiger partial charge in [0.05, 0.1) is 10.7 Å². The molecule has 0 radical (unpaired) electrons. The number of likely N-dealkylation sites (N-methyl/N-ethyl adjacent to an activating group) is 1. The predicted octanol–water partition coefficient (Wildman–Crippen LogP) is 4.22. The molecule has 0 amide bonds. The number of hydrogen-bond donors (Lipinski definition) is 1. The van der Waals surface area contributed by atoms with E-state index in [-0.39, 0.29) is 0 Å². The summed E-state index contributed by atoms with van der Waals surface area (Å²) in [6, 6.07) is 9.11. The molecule has 0 aliphatic heterocycles. The molecular formula is C17H24N2S. The van der Waals surface area contributed by atoms with Crippen molar-refractivity contribution >= 4 is 11.3 Å². The Hall–Kier alpha value is -1.19. The standard InChI is InChI=1S/C17H24N2S/c1-5-14-9-7-8-10-15(14)16(18-6-2)11-17-19-12(3)13(4)20-17/h7-10,16,18H,5-6,11H2,1-4H3. The van der Waals surface area contributed by atoms with Gasteiger partial charge in [0.15, 0.2) is 0 Å². The minimum Gasteiger partial charge on any atom is -0.310 e. The first-order chi connectivity index (χ1) is 9.65. The zero-order valence-electron chi connectivity index (χ0n) is 12.9. The second kappa shape index (κ2) is 7.00. The zero-order chi connectivity index (χ0) is 14.5. The fourth-order valence-electron chi connectivity index (χ4n) is 2.54. The normalized spacial score (nSPS) is 12.6. The topological polar surface area (TPSA) is 24.9 Å². The summed E-state index contributed by atoms with van der Waals surface area (Å²) in [5.74, 6) is 0. The van der Waals surface area contributed by atoms with E-state index in [1.807, 2.05) is 11.3 Å².